The Bertz CT molecular complexity index is 972. The molecule has 0 radical (unpaired) electrons. The van der Waals surface area contributed by atoms with Gasteiger partial charge in [-0.3, -0.25) is 4.79 Å². The summed E-state index contributed by atoms with van der Waals surface area (Å²) in [5.74, 6) is 0.841. The van der Waals surface area contributed by atoms with Crippen LogP contribution in [-0.2, 0) is 4.79 Å². The molecule has 0 bridgehead atoms. The lowest BCUT2D eigenvalue weighted by Gasteiger charge is -2.34. The van der Waals surface area contributed by atoms with Crippen LogP contribution in [0.25, 0.3) is 0 Å². The van der Waals surface area contributed by atoms with Gasteiger partial charge in [-0.1, -0.05) is 54.6 Å². The number of rotatable bonds is 6. The van der Waals surface area contributed by atoms with Gasteiger partial charge in [-0.05, 0) is 59.7 Å². The molecule has 32 heavy (non-hydrogen) atoms. The van der Waals surface area contributed by atoms with Crippen molar-refractivity contribution in [2.75, 3.05) is 38.0 Å². The van der Waals surface area contributed by atoms with Crippen molar-refractivity contribution in [2.24, 2.45) is 5.92 Å². The number of hydrogen-bond donors (Lipinski definition) is 0. The zero-order chi connectivity index (χ0) is 22.7. The lowest BCUT2D eigenvalue weighted by Crippen LogP contribution is -2.29. The number of Topliss-reactive ketones (excluding diaryl/α,β-unsaturated/α-hetero) is 1. The second-order valence-corrected chi connectivity index (χ2v) is 9.41. The second kappa shape index (κ2) is 9.60. The van der Waals surface area contributed by atoms with Crippen LogP contribution in [0.15, 0.2) is 78.9 Å². The third-order valence-corrected chi connectivity index (χ3v) is 6.90. The summed E-state index contributed by atoms with van der Waals surface area (Å²) < 4.78 is 0. The first-order valence-corrected chi connectivity index (χ1v) is 11.6. The van der Waals surface area contributed by atoms with Gasteiger partial charge in [-0.15, -0.1) is 0 Å². The third kappa shape index (κ3) is 4.72. The van der Waals surface area contributed by atoms with Crippen molar-refractivity contribution in [1.29, 1.82) is 0 Å². The van der Waals surface area contributed by atoms with E-state index in [1.54, 1.807) is 0 Å². The van der Waals surface area contributed by atoms with Gasteiger partial charge in [0, 0.05) is 57.8 Å². The average Bonchev–Trinajstić information content (AvgIpc) is 2.81. The molecule has 3 aromatic carbocycles. The van der Waals surface area contributed by atoms with E-state index in [4.69, 9.17) is 0 Å². The first-order valence-electron chi connectivity index (χ1n) is 11.6. The fourth-order valence-corrected chi connectivity index (χ4v) is 5.02. The highest BCUT2D eigenvalue weighted by Gasteiger charge is 2.36. The molecule has 4 rings (SSSR count). The van der Waals surface area contributed by atoms with Crippen molar-refractivity contribution in [3.05, 3.63) is 95.6 Å². The smallest absolute Gasteiger partial charge is 0.137 e. The van der Waals surface area contributed by atoms with E-state index in [1.165, 1.54) is 28.1 Å². The summed E-state index contributed by atoms with van der Waals surface area (Å²) in [5, 5.41) is 0. The molecular formula is C29H34N2O. The quantitative estimate of drug-likeness (QED) is 0.475. The monoisotopic (exact) mass is 426 g/mol. The zero-order valence-corrected chi connectivity index (χ0v) is 19.7. The Morgan fingerprint density at radius 1 is 0.688 bits per heavy atom. The third-order valence-electron chi connectivity index (χ3n) is 6.90. The molecule has 0 aromatic heterocycles. The van der Waals surface area contributed by atoms with Gasteiger partial charge in [-0.2, -0.15) is 0 Å². The fraction of sp³-hybridized carbons (Fsp3) is 0.345. The van der Waals surface area contributed by atoms with Gasteiger partial charge in [0.2, 0.25) is 0 Å². The largest absolute Gasteiger partial charge is 0.378 e. The maximum absolute atomic E-state index is 13.5. The van der Waals surface area contributed by atoms with E-state index in [-0.39, 0.29) is 11.8 Å². The highest BCUT2D eigenvalue weighted by atomic mass is 16.1. The highest BCUT2D eigenvalue weighted by Crippen LogP contribution is 2.43. The molecule has 1 aliphatic rings. The highest BCUT2D eigenvalue weighted by molar-refractivity contribution is 5.84. The van der Waals surface area contributed by atoms with E-state index in [1.807, 2.05) is 6.07 Å². The Balaban J connectivity index is 1.65. The molecule has 0 amide bonds. The van der Waals surface area contributed by atoms with Crippen molar-refractivity contribution in [3.63, 3.8) is 0 Å². The molecule has 3 aromatic rings. The number of hydrogen-bond acceptors (Lipinski definition) is 3. The molecule has 2 atom stereocenters. The lowest BCUT2D eigenvalue weighted by atomic mass is 9.69. The topological polar surface area (TPSA) is 23.6 Å². The summed E-state index contributed by atoms with van der Waals surface area (Å²) in [4.78, 5) is 17.7. The van der Waals surface area contributed by atoms with Gasteiger partial charge in [0.15, 0.2) is 0 Å². The molecular weight excluding hydrogens is 392 g/mol. The van der Waals surface area contributed by atoms with Crippen LogP contribution in [0.3, 0.4) is 0 Å². The Labute approximate surface area is 192 Å². The Kier molecular flexibility index (Phi) is 6.64. The van der Waals surface area contributed by atoms with Gasteiger partial charge in [-0.25, -0.2) is 0 Å². The minimum atomic E-state index is 0.0189. The van der Waals surface area contributed by atoms with Gasteiger partial charge < -0.3 is 9.80 Å². The normalized spacial score (nSPS) is 18.6. The van der Waals surface area contributed by atoms with Gasteiger partial charge in [0.05, 0.1) is 0 Å². The Morgan fingerprint density at radius 3 is 1.62 bits per heavy atom. The van der Waals surface area contributed by atoms with Gasteiger partial charge in [0.25, 0.3) is 0 Å². The van der Waals surface area contributed by atoms with Gasteiger partial charge in [0.1, 0.15) is 5.78 Å². The van der Waals surface area contributed by atoms with E-state index >= 15 is 0 Å². The molecule has 1 saturated carbocycles. The molecule has 0 heterocycles. The Hall–Kier alpha value is -3.07. The minimum absolute atomic E-state index is 0.0189. The lowest BCUT2D eigenvalue weighted by molar-refractivity contribution is -0.125. The van der Waals surface area contributed by atoms with Crippen molar-refractivity contribution in [3.8, 4) is 0 Å². The SMILES string of the molecule is CN(C)c1ccc(C(c2ccc(N(C)C)cc2)[C@@H]2CC[C@H](c3ccccc3)CC2=O)cc1. The maximum atomic E-state index is 13.5. The average molecular weight is 427 g/mol. The molecule has 1 fully saturated rings. The summed E-state index contributed by atoms with van der Waals surface area (Å²) in [5.41, 5.74) is 6.10. The number of carbonyl (C=O) groups is 1. The van der Waals surface area contributed by atoms with E-state index in [2.05, 4.69) is 111 Å². The van der Waals surface area contributed by atoms with Crippen molar-refractivity contribution in [1.82, 2.24) is 0 Å². The fourth-order valence-electron chi connectivity index (χ4n) is 5.02. The van der Waals surface area contributed by atoms with Crippen LogP contribution in [0, 0.1) is 5.92 Å². The van der Waals surface area contributed by atoms with Crippen LogP contribution in [0.4, 0.5) is 11.4 Å². The van der Waals surface area contributed by atoms with Crippen LogP contribution < -0.4 is 9.80 Å². The first kappa shape index (κ1) is 22.1. The molecule has 3 heteroatoms. The molecule has 1 aliphatic carbocycles. The summed E-state index contributed by atoms with van der Waals surface area (Å²) in [6, 6.07) is 28.0. The number of nitrogens with zero attached hydrogens (tertiary/aromatic N) is 2. The molecule has 0 spiro atoms. The molecule has 0 unspecified atom stereocenters. The predicted octanol–water partition coefficient (Wildman–Crippen LogP) is 6.10. The van der Waals surface area contributed by atoms with E-state index in [0.29, 0.717) is 18.1 Å². The van der Waals surface area contributed by atoms with E-state index in [0.717, 1.165) is 12.8 Å². The summed E-state index contributed by atoms with van der Waals surface area (Å²) >= 11 is 0. The molecule has 0 N–H and O–H groups in total. The summed E-state index contributed by atoms with van der Waals surface area (Å²) in [7, 11) is 8.23. The standard InChI is InChI=1S/C29H34N2O/c1-30(2)25-15-10-22(11-16-25)29(23-12-17-26(18-13-23)31(3)4)27-19-14-24(20-28(27)32)21-8-6-5-7-9-21/h5-13,15-18,24,27,29H,14,19-20H2,1-4H3/t24-,27+/m0/s1. The van der Waals surface area contributed by atoms with Crippen LogP contribution in [-0.4, -0.2) is 34.0 Å². The Morgan fingerprint density at radius 2 is 1.19 bits per heavy atom. The van der Waals surface area contributed by atoms with Crippen molar-refractivity contribution < 1.29 is 4.79 Å². The summed E-state index contributed by atoms with van der Waals surface area (Å²) in [6.45, 7) is 0. The molecule has 0 saturated heterocycles. The second-order valence-electron chi connectivity index (χ2n) is 9.41. The van der Waals surface area contributed by atoms with Crippen molar-refractivity contribution in [2.45, 2.75) is 31.1 Å². The number of anilines is 2. The first-order chi connectivity index (χ1) is 15.4. The number of carbonyl (C=O) groups excluding carboxylic acids is 1. The maximum Gasteiger partial charge on any atom is 0.137 e. The van der Waals surface area contributed by atoms with Crippen LogP contribution in [0.2, 0.25) is 0 Å². The number of benzene rings is 3. The van der Waals surface area contributed by atoms with Crippen LogP contribution in [0.5, 0.6) is 0 Å². The molecule has 166 valence electrons. The molecule has 3 nitrogen and oxygen atoms in total. The van der Waals surface area contributed by atoms with Crippen LogP contribution in [0.1, 0.15) is 47.8 Å². The predicted molar refractivity (Wildman–Crippen MR) is 135 cm³/mol. The molecule has 0 aliphatic heterocycles. The summed E-state index contributed by atoms with van der Waals surface area (Å²) in [6.07, 6.45) is 2.62. The van der Waals surface area contributed by atoms with E-state index in [9.17, 15) is 4.79 Å². The zero-order valence-electron chi connectivity index (χ0n) is 19.7. The number of ketones is 1. The minimum Gasteiger partial charge on any atom is -0.378 e. The van der Waals surface area contributed by atoms with E-state index < -0.39 is 0 Å². The van der Waals surface area contributed by atoms with Gasteiger partial charge >= 0.3 is 0 Å². The van der Waals surface area contributed by atoms with Crippen molar-refractivity contribution >= 4 is 17.2 Å². The van der Waals surface area contributed by atoms with Crippen LogP contribution >= 0.6 is 0 Å².